The molecule has 2 aromatic rings. The molecule has 1 aromatic carbocycles. The lowest BCUT2D eigenvalue weighted by Crippen LogP contribution is -2.14. The largest absolute Gasteiger partial charge is 0.366 e. The molecule has 4 nitrogen and oxygen atoms in total. The summed E-state index contributed by atoms with van der Waals surface area (Å²) in [4.78, 5) is 23.3. The van der Waals surface area contributed by atoms with E-state index in [1.54, 1.807) is 12.1 Å². The highest BCUT2D eigenvalue weighted by Crippen LogP contribution is 2.24. The van der Waals surface area contributed by atoms with Gasteiger partial charge in [0.05, 0.1) is 14.4 Å². The van der Waals surface area contributed by atoms with Crippen molar-refractivity contribution in [3.05, 3.63) is 50.4 Å². The van der Waals surface area contributed by atoms with E-state index in [-0.39, 0.29) is 11.3 Å². The van der Waals surface area contributed by atoms with Crippen LogP contribution in [0.25, 0.3) is 0 Å². The number of amides is 2. The van der Waals surface area contributed by atoms with Crippen LogP contribution in [0.2, 0.25) is 0 Å². The highest BCUT2D eigenvalue weighted by Gasteiger charge is 2.13. The van der Waals surface area contributed by atoms with Gasteiger partial charge in [-0.15, -0.1) is 11.3 Å². The molecular weight excluding hydrogens is 335 g/mol. The molecule has 1 heterocycles. The van der Waals surface area contributed by atoms with Gasteiger partial charge in [-0.2, -0.15) is 0 Å². The molecule has 0 fully saturated rings. The summed E-state index contributed by atoms with van der Waals surface area (Å²) in [6.45, 7) is 0. The minimum atomic E-state index is -0.686. The van der Waals surface area contributed by atoms with Crippen molar-refractivity contribution in [2.75, 3.05) is 5.32 Å². The van der Waals surface area contributed by atoms with Crippen LogP contribution < -0.4 is 11.1 Å². The van der Waals surface area contributed by atoms with E-state index in [0.717, 1.165) is 9.85 Å². The number of halogens is 2. The number of rotatable bonds is 3. The molecular formula is C12H8BrFN2O2S. The van der Waals surface area contributed by atoms with E-state index in [9.17, 15) is 14.0 Å². The zero-order chi connectivity index (χ0) is 14.0. The summed E-state index contributed by atoms with van der Waals surface area (Å²) < 4.78 is 14.3. The van der Waals surface area contributed by atoms with E-state index >= 15 is 0 Å². The second kappa shape index (κ2) is 5.50. The van der Waals surface area contributed by atoms with Crippen LogP contribution in [0.5, 0.6) is 0 Å². The molecule has 1 aromatic heterocycles. The third-order valence-electron chi connectivity index (χ3n) is 2.30. The summed E-state index contributed by atoms with van der Waals surface area (Å²) >= 11 is 4.46. The molecule has 0 spiro atoms. The molecule has 0 radical (unpaired) electrons. The Morgan fingerprint density at radius 1 is 1.26 bits per heavy atom. The second-order valence-electron chi connectivity index (χ2n) is 3.62. The van der Waals surface area contributed by atoms with Crippen molar-refractivity contribution in [3.63, 3.8) is 0 Å². The molecule has 0 aliphatic carbocycles. The third kappa shape index (κ3) is 3.18. The van der Waals surface area contributed by atoms with Gasteiger partial charge in [0, 0.05) is 5.56 Å². The standard InChI is InChI=1S/C12H8BrFN2O2S/c13-10-4-3-9(19-10)12(18)16-8-5-6(11(15)17)1-2-7(8)14/h1-5H,(H2,15,17)(H,16,18). The van der Waals surface area contributed by atoms with Gasteiger partial charge in [0.15, 0.2) is 0 Å². The lowest BCUT2D eigenvalue weighted by molar-refractivity contribution is 0.0996. The summed E-state index contributed by atoms with van der Waals surface area (Å²) in [5.41, 5.74) is 5.15. The molecule has 0 atom stereocenters. The Morgan fingerprint density at radius 3 is 2.58 bits per heavy atom. The van der Waals surface area contributed by atoms with Crippen LogP contribution in [0.1, 0.15) is 20.0 Å². The predicted molar refractivity (Wildman–Crippen MR) is 74.9 cm³/mol. The van der Waals surface area contributed by atoms with Gasteiger partial charge in [0.2, 0.25) is 5.91 Å². The fraction of sp³-hybridized carbons (Fsp3) is 0. The van der Waals surface area contributed by atoms with Crippen molar-refractivity contribution in [1.82, 2.24) is 0 Å². The Bertz CT molecular complexity index is 657. The SMILES string of the molecule is NC(=O)c1ccc(F)c(NC(=O)c2ccc(Br)s2)c1. The fourth-order valence-electron chi connectivity index (χ4n) is 1.39. The number of thiophene rings is 1. The number of nitrogens with one attached hydrogen (secondary N) is 1. The van der Waals surface area contributed by atoms with E-state index < -0.39 is 17.6 Å². The van der Waals surface area contributed by atoms with E-state index in [0.29, 0.717) is 4.88 Å². The number of hydrogen-bond acceptors (Lipinski definition) is 3. The van der Waals surface area contributed by atoms with Gasteiger partial charge in [-0.05, 0) is 46.3 Å². The van der Waals surface area contributed by atoms with Crippen molar-refractivity contribution >= 4 is 44.8 Å². The van der Waals surface area contributed by atoms with Crippen molar-refractivity contribution in [3.8, 4) is 0 Å². The maximum atomic E-state index is 13.5. The van der Waals surface area contributed by atoms with Crippen molar-refractivity contribution in [2.45, 2.75) is 0 Å². The maximum absolute atomic E-state index is 13.5. The minimum absolute atomic E-state index is 0.0779. The fourth-order valence-corrected chi connectivity index (χ4v) is 2.68. The van der Waals surface area contributed by atoms with Crippen molar-refractivity contribution in [2.24, 2.45) is 5.73 Å². The third-order valence-corrected chi connectivity index (χ3v) is 3.92. The molecule has 0 aliphatic rings. The molecule has 2 rings (SSSR count). The van der Waals surface area contributed by atoms with E-state index in [1.165, 1.54) is 23.5 Å². The van der Waals surface area contributed by atoms with E-state index in [2.05, 4.69) is 21.2 Å². The summed E-state index contributed by atoms with van der Waals surface area (Å²) in [6, 6.07) is 6.88. The Labute approximate surface area is 120 Å². The first-order chi connectivity index (χ1) is 8.97. The Kier molecular flexibility index (Phi) is 3.96. The summed E-state index contributed by atoms with van der Waals surface area (Å²) in [7, 11) is 0. The van der Waals surface area contributed by atoms with Crippen LogP contribution in [-0.2, 0) is 0 Å². The first-order valence-electron chi connectivity index (χ1n) is 5.13. The lowest BCUT2D eigenvalue weighted by atomic mass is 10.2. The number of primary amides is 1. The van der Waals surface area contributed by atoms with Gasteiger partial charge >= 0.3 is 0 Å². The van der Waals surface area contributed by atoms with Gasteiger partial charge in [-0.3, -0.25) is 9.59 Å². The average Bonchev–Trinajstić information content (AvgIpc) is 2.78. The van der Waals surface area contributed by atoms with Gasteiger partial charge < -0.3 is 11.1 Å². The van der Waals surface area contributed by atoms with E-state index in [1.807, 2.05) is 0 Å². The average molecular weight is 343 g/mol. The number of nitrogens with two attached hydrogens (primary N) is 1. The molecule has 0 saturated heterocycles. The van der Waals surface area contributed by atoms with Gasteiger partial charge in [0.1, 0.15) is 5.82 Å². The van der Waals surface area contributed by atoms with Crippen LogP contribution in [-0.4, -0.2) is 11.8 Å². The van der Waals surface area contributed by atoms with Gasteiger partial charge in [-0.1, -0.05) is 0 Å². The van der Waals surface area contributed by atoms with Crippen LogP contribution in [0.15, 0.2) is 34.1 Å². The minimum Gasteiger partial charge on any atom is -0.366 e. The Morgan fingerprint density at radius 2 is 2.00 bits per heavy atom. The molecule has 0 saturated carbocycles. The van der Waals surface area contributed by atoms with Crippen molar-refractivity contribution < 1.29 is 14.0 Å². The van der Waals surface area contributed by atoms with Crippen molar-refractivity contribution in [1.29, 1.82) is 0 Å². The predicted octanol–water partition coefficient (Wildman–Crippen LogP) is 3.00. The Balaban J connectivity index is 2.25. The van der Waals surface area contributed by atoms with Crippen LogP contribution >= 0.6 is 27.3 Å². The number of carbonyl (C=O) groups is 2. The second-order valence-corrected chi connectivity index (χ2v) is 6.08. The van der Waals surface area contributed by atoms with Gasteiger partial charge in [-0.25, -0.2) is 4.39 Å². The zero-order valence-corrected chi connectivity index (χ0v) is 11.8. The van der Waals surface area contributed by atoms with E-state index in [4.69, 9.17) is 5.73 Å². The van der Waals surface area contributed by atoms with Crippen LogP contribution in [0.4, 0.5) is 10.1 Å². The molecule has 19 heavy (non-hydrogen) atoms. The monoisotopic (exact) mass is 342 g/mol. The molecule has 98 valence electrons. The molecule has 0 bridgehead atoms. The molecule has 7 heteroatoms. The molecule has 0 aliphatic heterocycles. The number of benzene rings is 1. The first kappa shape index (κ1) is 13.7. The summed E-state index contributed by atoms with van der Waals surface area (Å²) in [5.74, 6) is -1.76. The summed E-state index contributed by atoms with van der Waals surface area (Å²) in [5, 5.41) is 2.40. The number of hydrogen-bond donors (Lipinski definition) is 2. The highest BCUT2D eigenvalue weighted by atomic mass is 79.9. The maximum Gasteiger partial charge on any atom is 0.265 e. The smallest absolute Gasteiger partial charge is 0.265 e. The van der Waals surface area contributed by atoms with Crippen LogP contribution in [0.3, 0.4) is 0 Å². The molecule has 2 amide bonds. The molecule has 0 unspecified atom stereocenters. The molecule has 3 N–H and O–H groups in total. The highest BCUT2D eigenvalue weighted by molar-refractivity contribution is 9.11. The zero-order valence-electron chi connectivity index (χ0n) is 9.44. The Hall–Kier alpha value is -1.73. The lowest BCUT2D eigenvalue weighted by Gasteiger charge is -2.06. The van der Waals surface area contributed by atoms with Crippen LogP contribution in [0, 0.1) is 5.82 Å². The topological polar surface area (TPSA) is 72.2 Å². The number of carbonyl (C=O) groups excluding carboxylic acids is 2. The first-order valence-corrected chi connectivity index (χ1v) is 6.74. The van der Waals surface area contributed by atoms with Gasteiger partial charge in [0.25, 0.3) is 5.91 Å². The summed E-state index contributed by atoms with van der Waals surface area (Å²) in [6.07, 6.45) is 0. The quantitative estimate of drug-likeness (QED) is 0.899. The number of anilines is 1. The normalized spacial score (nSPS) is 10.2.